The summed E-state index contributed by atoms with van der Waals surface area (Å²) in [4.78, 5) is 14.2. The van der Waals surface area contributed by atoms with Crippen LogP contribution in [-0.2, 0) is 17.7 Å². The maximum atomic E-state index is 12.4. The van der Waals surface area contributed by atoms with Crippen LogP contribution >= 0.6 is 0 Å². The maximum Gasteiger partial charge on any atom is 0.410 e. The van der Waals surface area contributed by atoms with Gasteiger partial charge in [0.25, 0.3) is 0 Å². The largest absolute Gasteiger partial charge is 0.444 e. The maximum absolute atomic E-state index is 12.4. The van der Waals surface area contributed by atoms with E-state index in [0.29, 0.717) is 6.54 Å². The number of fused-ring (bicyclic) bond motifs is 1. The highest BCUT2D eigenvalue weighted by Gasteiger charge is 2.34. The van der Waals surface area contributed by atoms with Gasteiger partial charge in [0.15, 0.2) is 0 Å². The van der Waals surface area contributed by atoms with Crippen LogP contribution in [0.3, 0.4) is 0 Å². The van der Waals surface area contributed by atoms with Crippen LogP contribution in [0.25, 0.3) is 0 Å². The van der Waals surface area contributed by atoms with Gasteiger partial charge < -0.3 is 14.2 Å². The van der Waals surface area contributed by atoms with Gasteiger partial charge in [-0.1, -0.05) is 13.8 Å². The van der Waals surface area contributed by atoms with E-state index in [2.05, 4.69) is 28.6 Å². The Kier molecular flexibility index (Phi) is 4.34. The number of carbonyl (C=O) groups excluding carboxylic acids is 1. The second kappa shape index (κ2) is 6.05. The van der Waals surface area contributed by atoms with Gasteiger partial charge in [-0.3, -0.25) is 0 Å². The standard InChI is InChI=1S/C18H30N4O2/c1-17(2,3)24-16(23)21-10-6-7-13(11-21)15-20-19-14-8-9-18(4,5)12-22(14)15/h13H,6-12H2,1-5H3. The van der Waals surface area contributed by atoms with Crippen LogP contribution in [0.4, 0.5) is 4.79 Å². The summed E-state index contributed by atoms with van der Waals surface area (Å²) >= 11 is 0. The van der Waals surface area contributed by atoms with Crippen LogP contribution in [0.1, 0.15) is 71.4 Å². The average molecular weight is 334 g/mol. The van der Waals surface area contributed by atoms with Gasteiger partial charge in [-0.15, -0.1) is 10.2 Å². The van der Waals surface area contributed by atoms with E-state index in [1.165, 1.54) is 0 Å². The molecule has 0 N–H and O–H groups in total. The third kappa shape index (κ3) is 3.73. The van der Waals surface area contributed by atoms with Gasteiger partial charge in [0.1, 0.15) is 17.2 Å². The van der Waals surface area contributed by atoms with Crippen LogP contribution in [0.5, 0.6) is 0 Å². The molecule has 2 aliphatic rings. The first-order chi connectivity index (χ1) is 11.1. The molecule has 1 amide bonds. The number of hydrogen-bond acceptors (Lipinski definition) is 4. The number of hydrogen-bond donors (Lipinski definition) is 0. The van der Waals surface area contributed by atoms with Gasteiger partial charge in [-0.2, -0.15) is 0 Å². The molecule has 6 nitrogen and oxygen atoms in total. The summed E-state index contributed by atoms with van der Waals surface area (Å²) in [7, 11) is 0. The van der Waals surface area contributed by atoms with Crippen molar-refractivity contribution in [2.24, 2.45) is 5.41 Å². The van der Waals surface area contributed by atoms with E-state index < -0.39 is 5.60 Å². The van der Waals surface area contributed by atoms with Gasteiger partial charge in [0, 0.05) is 32.0 Å². The smallest absolute Gasteiger partial charge is 0.410 e. The number of aryl methyl sites for hydroxylation is 1. The lowest BCUT2D eigenvalue weighted by Gasteiger charge is -2.35. The fourth-order valence-corrected chi connectivity index (χ4v) is 3.65. The fraction of sp³-hybridized carbons (Fsp3) is 0.833. The molecule has 0 spiro atoms. The zero-order valence-electron chi connectivity index (χ0n) is 15.6. The van der Waals surface area contributed by atoms with Crippen LogP contribution in [0.15, 0.2) is 0 Å². The fourth-order valence-electron chi connectivity index (χ4n) is 3.65. The number of ether oxygens (including phenoxy) is 1. The van der Waals surface area contributed by atoms with Gasteiger partial charge in [0.2, 0.25) is 0 Å². The van der Waals surface area contributed by atoms with E-state index in [1.54, 1.807) is 0 Å². The van der Waals surface area contributed by atoms with E-state index in [-0.39, 0.29) is 17.4 Å². The molecule has 134 valence electrons. The highest BCUT2D eigenvalue weighted by molar-refractivity contribution is 5.68. The van der Waals surface area contributed by atoms with Crippen molar-refractivity contribution in [3.8, 4) is 0 Å². The predicted molar refractivity (Wildman–Crippen MR) is 91.9 cm³/mol. The Morgan fingerprint density at radius 1 is 1.29 bits per heavy atom. The quantitative estimate of drug-likeness (QED) is 0.790. The first-order valence-electron chi connectivity index (χ1n) is 9.04. The molecule has 1 aromatic heterocycles. The number of rotatable bonds is 1. The highest BCUT2D eigenvalue weighted by atomic mass is 16.6. The van der Waals surface area contributed by atoms with E-state index in [4.69, 9.17) is 4.74 Å². The van der Waals surface area contributed by atoms with E-state index in [1.807, 2.05) is 25.7 Å². The summed E-state index contributed by atoms with van der Waals surface area (Å²) in [6, 6.07) is 0. The van der Waals surface area contributed by atoms with Gasteiger partial charge in [-0.05, 0) is 45.4 Å². The zero-order chi connectivity index (χ0) is 17.5. The molecule has 2 aliphatic heterocycles. The molecule has 0 saturated carbocycles. The molecule has 0 radical (unpaired) electrons. The number of amides is 1. The van der Waals surface area contributed by atoms with Crippen LogP contribution in [0, 0.1) is 5.41 Å². The Balaban J connectivity index is 1.74. The molecule has 1 fully saturated rings. The molecule has 1 saturated heterocycles. The van der Waals surface area contributed by atoms with Crippen molar-refractivity contribution in [2.45, 2.75) is 78.4 Å². The summed E-state index contributed by atoms with van der Waals surface area (Å²) in [6.07, 6.45) is 3.96. The van der Waals surface area contributed by atoms with Crippen LogP contribution in [-0.4, -0.2) is 44.4 Å². The van der Waals surface area contributed by atoms with Crippen molar-refractivity contribution in [3.63, 3.8) is 0 Å². The summed E-state index contributed by atoms with van der Waals surface area (Å²) < 4.78 is 7.83. The van der Waals surface area contributed by atoms with Crippen molar-refractivity contribution in [1.29, 1.82) is 0 Å². The van der Waals surface area contributed by atoms with Gasteiger partial charge in [0.05, 0.1) is 0 Å². The van der Waals surface area contributed by atoms with Crippen molar-refractivity contribution in [3.05, 3.63) is 11.6 Å². The normalized spacial score (nSPS) is 23.7. The van der Waals surface area contributed by atoms with E-state index in [9.17, 15) is 4.79 Å². The molecule has 0 bridgehead atoms. The second-order valence-electron chi connectivity index (χ2n) is 8.99. The number of aromatic nitrogens is 3. The Labute approximate surface area is 144 Å². The topological polar surface area (TPSA) is 60.3 Å². The third-order valence-electron chi connectivity index (χ3n) is 4.91. The molecule has 3 rings (SSSR count). The first-order valence-corrected chi connectivity index (χ1v) is 9.04. The molecule has 0 aromatic carbocycles. The number of carbonyl (C=O) groups is 1. The SMILES string of the molecule is CC1(C)CCc2nnc(C3CCCN(C(=O)OC(C)(C)C)C3)n2C1. The lowest BCUT2D eigenvalue weighted by molar-refractivity contribution is 0.0193. The van der Waals surface area contributed by atoms with Gasteiger partial charge >= 0.3 is 6.09 Å². The van der Waals surface area contributed by atoms with Crippen molar-refractivity contribution in [1.82, 2.24) is 19.7 Å². The van der Waals surface area contributed by atoms with E-state index >= 15 is 0 Å². The van der Waals surface area contributed by atoms with Crippen LogP contribution < -0.4 is 0 Å². The van der Waals surface area contributed by atoms with Crippen molar-refractivity contribution >= 4 is 6.09 Å². The lowest BCUT2D eigenvalue weighted by Crippen LogP contribution is -2.43. The summed E-state index contributed by atoms with van der Waals surface area (Å²) in [5.74, 6) is 2.39. The minimum absolute atomic E-state index is 0.217. The summed E-state index contributed by atoms with van der Waals surface area (Å²) in [5.41, 5.74) is -0.175. The second-order valence-corrected chi connectivity index (χ2v) is 8.99. The Hall–Kier alpha value is -1.59. The molecular weight excluding hydrogens is 304 g/mol. The number of piperidine rings is 1. The third-order valence-corrected chi connectivity index (χ3v) is 4.91. The molecule has 1 atom stereocenters. The highest BCUT2D eigenvalue weighted by Crippen LogP contribution is 2.34. The lowest BCUT2D eigenvalue weighted by atomic mass is 9.84. The average Bonchev–Trinajstić information content (AvgIpc) is 2.87. The number of nitrogens with zero attached hydrogens (tertiary/aromatic N) is 4. The molecule has 0 aliphatic carbocycles. The Morgan fingerprint density at radius 3 is 2.75 bits per heavy atom. The Morgan fingerprint density at radius 2 is 2.04 bits per heavy atom. The molecule has 1 unspecified atom stereocenters. The van der Waals surface area contributed by atoms with E-state index in [0.717, 1.165) is 50.4 Å². The zero-order valence-corrected chi connectivity index (χ0v) is 15.6. The summed E-state index contributed by atoms with van der Waals surface area (Å²) in [5, 5.41) is 8.89. The van der Waals surface area contributed by atoms with Gasteiger partial charge in [-0.25, -0.2) is 4.79 Å². The molecule has 6 heteroatoms. The molecular formula is C18H30N4O2. The Bertz CT molecular complexity index is 615. The predicted octanol–water partition coefficient (Wildman–Crippen LogP) is 3.37. The number of likely N-dealkylation sites (tertiary alicyclic amines) is 1. The molecule has 24 heavy (non-hydrogen) atoms. The monoisotopic (exact) mass is 334 g/mol. The van der Waals surface area contributed by atoms with Crippen molar-refractivity contribution in [2.75, 3.05) is 13.1 Å². The minimum Gasteiger partial charge on any atom is -0.444 e. The van der Waals surface area contributed by atoms with Crippen LogP contribution in [0.2, 0.25) is 0 Å². The minimum atomic E-state index is -0.456. The molecule has 1 aromatic rings. The first kappa shape index (κ1) is 17.2. The molecule has 3 heterocycles. The summed E-state index contributed by atoms with van der Waals surface area (Å²) in [6.45, 7) is 12.7. The van der Waals surface area contributed by atoms with Crippen molar-refractivity contribution < 1.29 is 9.53 Å².